The first-order valence-corrected chi connectivity index (χ1v) is 10.9. The number of aliphatic hydroxyl groups is 3. The lowest BCUT2D eigenvalue weighted by Crippen LogP contribution is -2.32. The highest BCUT2D eigenvalue weighted by Gasteiger charge is 2.51. The summed E-state index contributed by atoms with van der Waals surface area (Å²) in [5.41, 5.74) is 3.36. The molecule has 0 fully saturated rings. The summed E-state index contributed by atoms with van der Waals surface area (Å²) in [7, 11) is 0. The zero-order valence-electron chi connectivity index (χ0n) is 18.7. The summed E-state index contributed by atoms with van der Waals surface area (Å²) >= 11 is 0. The fourth-order valence-corrected chi connectivity index (χ4v) is 4.53. The lowest BCUT2D eigenvalue weighted by atomic mass is 10.1. The molecule has 0 aromatic carbocycles. The maximum Gasteiger partial charge on any atom is 0.203 e. The van der Waals surface area contributed by atoms with E-state index in [2.05, 4.69) is 26.0 Å². The van der Waals surface area contributed by atoms with E-state index in [1.807, 2.05) is 26.8 Å². The summed E-state index contributed by atoms with van der Waals surface area (Å²) < 4.78 is 0. The summed E-state index contributed by atoms with van der Waals surface area (Å²) in [6.45, 7) is 9.81. The Labute approximate surface area is 175 Å². The second-order valence-corrected chi connectivity index (χ2v) is 9.27. The molecule has 162 valence electrons. The standard InChI is InChI=1S/C25H38O4/c1-16-7-6-8-17(2)13-14-25(5)20(11-10-18(3)21(27)12-9-16)22(19(4)15-26)23(28)24(25)29/h7,10,13,19-21,26-28H,6,8-9,11-12,14-15H2,1-5H3/b16-7+,17-13+,18-10+/t19-,20+,21-,25-/m0/s1/i6+1,11+1,12+1,14+1,16+1,17+1,18+1,19+1,23+1,25+1. The van der Waals surface area contributed by atoms with E-state index in [0.717, 1.165) is 24.8 Å². The molecule has 0 radical (unpaired) electrons. The number of carbonyl (C=O) groups is 1. The lowest BCUT2D eigenvalue weighted by molar-refractivity contribution is -0.126. The minimum atomic E-state index is -0.738. The predicted molar refractivity (Wildman–Crippen MR) is 117 cm³/mol. The number of ketones is 1. The molecule has 0 saturated heterocycles. The molecule has 0 amide bonds. The smallest absolute Gasteiger partial charge is 0.203 e. The van der Waals surface area contributed by atoms with E-state index in [1.54, 1.807) is 0 Å². The Hall–Kier alpha value is -1.65. The monoisotopic (exact) mass is 412 g/mol. The van der Waals surface area contributed by atoms with Gasteiger partial charge in [0.2, 0.25) is 5.78 Å². The van der Waals surface area contributed by atoms with Crippen LogP contribution in [0.2, 0.25) is 0 Å². The van der Waals surface area contributed by atoms with Crippen LogP contribution in [0.5, 0.6) is 0 Å². The first-order chi connectivity index (χ1) is 13.6. The molecule has 4 heteroatoms. The van der Waals surface area contributed by atoms with Crippen molar-refractivity contribution in [2.45, 2.75) is 79.2 Å². The highest BCUT2D eigenvalue weighted by molar-refractivity contribution is 6.02. The second kappa shape index (κ2) is 9.90. The number of rotatable bonds is 2. The Balaban J connectivity index is 2.46. The van der Waals surface area contributed by atoms with Crippen molar-refractivity contribution in [3.05, 3.63) is 46.3 Å². The van der Waals surface area contributed by atoms with Crippen LogP contribution in [0, 0.1) is 17.3 Å². The van der Waals surface area contributed by atoms with Gasteiger partial charge in [-0.3, -0.25) is 4.79 Å². The third kappa shape index (κ3) is 5.29. The van der Waals surface area contributed by atoms with Gasteiger partial charge in [0, 0.05) is 23.9 Å². The molecule has 0 saturated carbocycles. The molecule has 3 N–H and O–H groups in total. The molecule has 0 heterocycles. The third-order valence-electron chi connectivity index (χ3n) is 6.88. The van der Waals surface area contributed by atoms with Crippen molar-refractivity contribution in [3.63, 3.8) is 0 Å². The summed E-state index contributed by atoms with van der Waals surface area (Å²) in [4.78, 5) is 13.1. The van der Waals surface area contributed by atoms with Crippen molar-refractivity contribution in [3.8, 4) is 0 Å². The van der Waals surface area contributed by atoms with Crippen LogP contribution < -0.4 is 0 Å². The van der Waals surface area contributed by atoms with E-state index in [1.165, 1.54) is 11.1 Å². The van der Waals surface area contributed by atoms with Crippen LogP contribution in [0.1, 0.15) is 73.1 Å². The van der Waals surface area contributed by atoms with E-state index in [4.69, 9.17) is 0 Å². The predicted octanol–water partition coefficient (Wildman–Crippen LogP) is 5.19. The number of fused-ring (bicyclic) bond motifs is 1. The maximum atomic E-state index is 13.1. The largest absolute Gasteiger partial charge is 0.504 e. The summed E-state index contributed by atoms with van der Waals surface area (Å²) in [6, 6.07) is 0. The van der Waals surface area contributed by atoms with Gasteiger partial charge in [-0.2, -0.15) is 0 Å². The van der Waals surface area contributed by atoms with Crippen LogP contribution in [-0.4, -0.2) is 33.8 Å². The van der Waals surface area contributed by atoms with Gasteiger partial charge in [-0.15, -0.1) is 0 Å². The number of aliphatic hydroxyl groups excluding tert-OH is 3. The first kappa shape index (κ1) is 23.6. The SMILES string of the molecule is C/[13C]1=C\[13CH2][13C@]2(C)C(=O)[13C](O)=C([13C@@H](C)CO)[C@H]2[13CH2]/C=[13C](\C)[C@@H](O)[13CH2]C/[13C](C)=C/[13CH2]C1. The molecule has 2 aliphatic carbocycles. The van der Waals surface area contributed by atoms with Crippen LogP contribution in [-0.2, 0) is 4.79 Å². The van der Waals surface area contributed by atoms with Gasteiger partial charge in [0.25, 0.3) is 0 Å². The number of allylic oxidation sites excluding steroid dienone is 6. The Kier molecular flexibility index (Phi) is 8.07. The van der Waals surface area contributed by atoms with Crippen molar-refractivity contribution in [1.29, 1.82) is 0 Å². The molecule has 2 rings (SSSR count). The average Bonchev–Trinajstić information content (AvgIpc) is 2.88. The van der Waals surface area contributed by atoms with E-state index in [-0.39, 0.29) is 30.0 Å². The normalized spacial score (nSPS) is 36.7. The molecular weight excluding hydrogens is 374 g/mol. The highest BCUT2D eigenvalue weighted by Crippen LogP contribution is 2.50. The minimum absolute atomic E-state index is 0.107. The summed E-state index contributed by atoms with van der Waals surface area (Å²) in [6.07, 6.45) is 10.4. The van der Waals surface area contributed by atoms with Gasteiger partial charge in [0.1, 0.15) is 0 Å². The molecule has 0 aromatic rings. The Morgan fingerprint density at radius 3 is 2.45 bits per heavy atom. The average molecular weight is 412 g/mol. The van der Waals surface area contributed by atoms with Gasteiger partial charge >= 0.3 is 0 Å². The zero-order valence-corrected chi connectivity index (χ0v) is 18.7. The van der Waals surface area contributed by atoms with Crippen LogP contribution >= 0.6 is 0 Å². The Bertz CT molecular complexity index is 740. The van der Waals surface area contributed by atoms with E-state index in [9.17, 15) is 20.1 Å². The molecule has 2 aliphatic rings. The van der Waals surface area contributed by atoms with Gasteiger partial charge < -0.3 is 15.3 Å². The molecular formula is C25H38O4. The fraction of sp³-hybridized carbons (Fsp3) is 0.640. The topological polar surface area (TPSA) is 77.8 Å². The van der Waals surface area contributed by atoms with E-state index in [0.29, 0.717) is 24.8 Å². The summed E-state index contributed by atoms with van der Waals surface area (Å²) in [5, 5.41) is 30.9. The van der Waals surface area contributed by atoms with Gasteiger partial charge in [0.05, 0.1) is 6.10 Å². The lowest BCUT2D eigenvalue weighted by Gasteiger charge is -2.32. The van der Waals surface area contributed by atoms with Crippen molar-refractivity contribution < 1.29 is 20.1 Å². The van der Waals surface area contributed by atoms with E-state index >= 15 is 0 Å². The quantitative estimate of drug-likeness (QED) is 0.431. The third-order valence-corrected chi connectivity index (χ3v) is 6.88. The minimum Gasteiger partial charge on any atom is -0.504 e. The zero-order chi connectivity index (χ0) is 21.8. The van der Waals surface area contributed by atoms with Crippen molar-refractivity contribution in [1.82, 2.24) is 0 Å². The van der Waals surface area contributed by atoms with Crippen LogP contribution in [0.15, 0.2) is 46.3 Å². The van der Waals surface area contributed by atoms with Crippen LogP contribution in [0.3, 0.4) is 0 Å². The molecule has 4 atom stereocenters. The molecule has 0 aliphatic heterocycles. The first-order valence-electron chi connectivity index (χ1n) is 10.9. The van der Waals surface area contributed by atoms with Crippen LogP contribution in [0.25, 0.3) is 0 Å². The molecule has 4 nitrogen and oxygen atoms in total. The number of hydrogen-bond donors (Lipinski definition) is 3. The molecule has 0 unspecified atom stereocenters. The number of carbonyl (C=O) groups excluding carboxylic acids is 1. The Morgan fingerprint density at radius 2 is 1.79 bits per heavy atom. The van der Waals surface area contributed by atoms with Gasteiger partial charge in [-0.05, 0) is 70.4 Å². The van der Waals surface area contributed by atoms with Gasteiger partial charge in [-0.25, -0.2) is 0 Å². The van der Waals surface area contributed by atoms with Crippen molar-refractivity contribution >= 4 is 5.78 Å². The second-order valence-electron chi connectivity index (χ2n) is 9.27. The number of hydrogen-bond acceptors (Lipinski definition) is 4. The van der Waals surface area contributed by atoms with Gasteiger partial charge in [0.15, 0.2) is 5.76 Å². The van der Waals surface area contributed by atoms with Crippen molar-refractivity contribution in [2.75, 3.05) is 6.61 Å². The Morgan fingerprint density at radius 1 is 1.14 bits per heavy atom. The van der Waals surface area contributed by atoms with Gasteiger partial charge in [-0.1, -0.05) is 43.2 Å². The van der Waals surface area contributed by atoms with Crippen LogP contribution in [0.4, 0.5) is 0 Å². The number of Topliss-reactive ketones (excluding diaryl/α,β-unsaturated/α-hetero) is 1. The molecule has 0 bridgehead atoms. The van der Waals surface area contributed by atoms with E-state index < -0.39 is 11.5 Å². The molecule has 29 heavy (non-hydrogen) atoms. The molecule has 0 aromatic heterocycles. The van der Waals surface area contributed by atoms with Crippen molar-refractivity contribution in [2.24, 2.45) is 17.3 Å². The fourth-order valence-electron chi connectivity index (χ4n) is 4.53. The molecule has 0 spiro atoms. The highest BCUT2D eigenvalue weighted by atomic mass is 16.4. The summed E-state index contributed by atoms with van der Waals surface area (Å²) in [5.74, 6) is -0.860. The maximum absolute atomic E-state index is 13.1.